The number of pyridine rings is 1. The third-order valence-electron chi connectivity index (χ3n) is 10.3. The summed E-state index contributed by atoms with van der Waals surface area (Å²) < 4.78 is 296. The second-order valence-electron chi connectivity index (χ2n) is 13.7. The molecule has 0 aliphatic heterocycles. The Morgan fingerprint density at radius 1 is 0.394 bits per heavy atom. The van der Waals surface area contributed by atoms with Crippen molar-refractivity contribution in [3.8, 4) is 0 Å². The van der Waals surface area contributed by atoms with Crippen LogP contribution in [0.15, 0.2) is 66.9 Å². The first-order valence-corrected chi connectivity index (χ1v) is 18.5. The summed E-state index contributed by atoms with van der Waals surface area (Å²) in [5, 5.41) is 2.32. The molecule has 6 aromatic carbocycles. The van der Waals surface area contributed by atoms with Gasteiger partial charge < -0.3 is 0 Å². The number of hydrogen-bond acceptors (Lipinski definition) is 2. The first-order chi connectivity index (χ1) is 31.0. The van der Waals surface area contributed by atoms with Crippen LogP contribution in [0.1, 0.15) is 16.1 Å². The molecule has 0 bridgehead atoms. The number of rotatable bonds is 8. The van der Waals surface area contributed by atoms with E-state index in [-0.39, 0.29) is 5.78 Å². The predicted molar refractivity (Wildman–Crippen MR) is 197 cm³/mol. The fraction of sp³-hybridized carbons (Fsp3) is 0.0476. The van der Waals surface area contributed by atoms with Crippen molar-refractivity contribution in [3.63, 3.8) is 0 Å². The third-order valence-corrected chi connectivity index (χ3v) is 10.6. The van der Waals surface area contributed by atoms with E-state index in [1.165, 1.54) is 5.39 Å². The molecule has 0 amide bonds. The Bertz CT molecular complexity index is 2750. The Morgan fingerprint density at radius 2 is 0.682 bits per heavy atom. The fourth-order valence-corrected chi connectivity index (χ4v) is 7.74. The lowest BCUT2D eigenvalue weighted by Crippen LogP contribution is -2.81. The van der Waals surface area contributed by atoms with Gasteiger partial charge in [0.2, 0.25) is 12.3 Å². The van der Waals surface area contributed by atoms with E-state index in [1.54, 1.807) is 0 Å². The van der Waals surface area contributed by atoms with Gasteiger partial charge in [0.25, 0.3) is 0 Å². The molecule has 7 rings (SSSR count). The van der Waals surface area contributed by atoms with E-state index >= 15 is 35.1 Å². The number of carbonyl (C=O) groups is 1. The zero-order valence-corrected chi connectivity index (χ0v) is 32.6. The average molecular weight is 973 g/mol. The summed E-state index contributed by atoms with van der Waals surface area (Å²) in [5.74, 6) is -70.7. The van der Waals surface area contributed by atoms with Crippen LogP contribution in [0.4, 0.5) is 87.8 Å². The molecule has 66 heavy (non-hydrogen) atoms. The smallest absolute Gasteiger partial charge is 0.227 e. The maximum atomic E-state index is 15.4. The molecule has 0 unspecified atom stereocenters. The van der Waals surface area contributed by atoms with Crippen molar-refractivity contribution in [2.75, 3.05) is 0 Å². The molecular formula is C42H16BF20NOS. The van der Waals surface area contributed by atoms with Gasteiger partial charge in [0, 0.05) is 17.0 Å². The van der Waals surface area contributed by atoms with Gasteiger partial charge in [-0.1, -0.05) is 48.5 Å². The first kappa shape index (κ1) is 48.9. The van der Waals surface area contributed by atoms with E-state index in [2.05, 4.69) is 24.8 Å². The first-order valence-electron chi connectivity index (χ1n) is 17.8. The second kappa shape index (κ2) is 18.4. The van der Waals surface area contributed by atoms with Gasteiger partial charge >= 0.3 is 0 Å². The van der Waals surface area contributed by atoms with Gasteiger partial charge in [-0.05, 0) is 11.5 Å². The van der Waals surface area contributed by atoms with Gasteiger partial charge in [0.05, 0.1) is 5.75 Å². The highest BCUT2D eigenvalue weighted by molar-refractivity contribution is 7.79. The molecule has 1 aromatic heterocycles. The second-order valence-corrected chi connectivity index (χ2v) is 14.0. The van der Waals surface area contributed by atoms with Crippen molar-refractivity contribution in [1.29, 1.82) is 0 Å². The lowest BCUT2D eigenvalue weighted by molar-refractivity contribution is -0.688. The SMILES string of the molecule is Fc1c(F)c(F)c([B-](c2c(F)c(F)c(F)c(F)c2F)(c2c(F)c(F)c(F)c(F)c2F)c2c(F)c(F)c(F)c(F)c2F)c(F)c1F.O=C(C[n+]1ccc2ccccc2c1CS)c1ccccc1. The summed E-state index contributed by atoms with van der Waals surface area (Å²) in [4.78, 5) is 12.4. The topological polar surface area (TPSA) is 20.9 Å². The van der Waals surface area contributed by atoms with E-state index in [0.717, 1.165) is 16.6 Å². The van der Waals surface area contributed by atoms with Crippen LogP contribution >= 0.6 is 12.6 Å². The minimum Gasteiger partial charge on any atom is -0.287 e. The Hall–Kier alpha value is -6.59. The number of fused-ring (bicyclic) bond motifs is 1. The molecule has 0 atom stereocenters. The minimum absolute atomic E-state index is 0.110. The standard InChI is InChI=1S/C24BF20.C18H15NOS/c26-5-1(6(27)14(35)21(42)13(5)34)25(2-7(28)15(36)22(43)16(37)8(2)29,3-9(30)17(38)23(44)18(39)10(3)31)4-11(32)19(40)24(45)20(41)12(4)33;20-18(15-7-2-1-3-8-15)12-19-11-10-14-6-4-5-9-16(14)17(19)13-21/h;1-11H,12-13H2/q-1;/p+1. The zero-order valence-electron chi connectivity index (χ0n) is 31.7. The number of benzene rings is 6. The summed E-state index contributed by atoms with van der Waals surface area (Å²) in [5.41, 5.74) is -12.5. The zero-order chi connectivity index (χ0) is 49.0. The number of hydrogen-bond donors (Lipinski definition) is 1. The lowest BCUT2D eigenvalue weighted by Gasteiger charge is -2.44. The number of carbonyl (C=O) groups excluding carboxylic acids is 1. The quantitative estimate of drug-likeness (QED) is 0.0307. The van der Waals surface area contributed by atoms with Crippen molar-refractivity contribution in [3.05, 3.63) is 194 Å². The normalized spacial score (nSPS) is 11.6. The highest BCUT2D eigenvalue weighted by Crippen LogP contribution is 2.31. The van der Waals surface area contributed by atoms with E-state index in [0.29, 0.717) is 12.3 Å². The molecule has 0 N–H and O–H groups in total. The van der Waals surface area contributed by atoms with Crippen LogP contribution in [0.2, 0.25) is 0 Å². The Balaban J connectivity index is 0.000000284. The number of aromatic nitrogens is 1. The number of thiol groups is 1. The third kappa shape index (κ3) is 7.57. The molecule has 2 nitrogen and oxygen atoms in total. The maximum absolute atomic E-state index is 15.4. The van der Waals surface area contributed by atoms with Gasteiger partial charge in [-0.15, -0.1) is 21.9 Å². The number of nitrogens with zero attached hydrogens (tertiary/aromatic N) is 1. The lowest BCUT2D eigenvalue weighted by atomic mass is 9.12. The monoisotopic (exact) mass is 973 g/mol. The Morgan fingerprint density at radius 3 is 1.00 bits per heavy atom. The molecule has 0 saturated carbocycles. The molecule has 1 heterocycles. The van der Waals surface area contributed by atoms with Gasteiger partial charge in [0.1, 0.15) is 52.7 Å². The van der Waals surface area contributed by atoms with Crippen molar-refractivity contribution in [1.82, 2.24) is 0 Å². The van der Waals surface area contributed by atoms with Crippen LogP contribution < -0.4 is 26.4 Å². The number of ketones is 1. The molecule has 7 aromatic rings. The Kier molecular flexibility index (Phi) is 13.6. The Labute approximate surface area is 360 Å². The van der Waals surface area contributed by atoms with Gasteiger partial charge in [-0.3, -0.25) is 4.79 Å². The maximum Gasteiger partial charge on any atom is 0.227 e. The van der Waals surface area contributed by atoms with Gasteiger partial charge in [-0.2, -0.15) is 17.2 Å². The molecule has 0 aliphatic carbocycles. The van der Waals surface area contributed by atoms with E-state index < -0.39 is 144 Å². The summed E-state index contributed by atoms with van der Waals surface area (Å²) in [6, 6.07) is 19.6. The summed E-state index contributed by atoms with van der Waals surface area (Å²) in [7, 11) is 0. The average Bonchev–Trinajstić information content (AvgIpc) is 3.31. The molecule has 0 aliphatic rings. The molecule has 0 spiro atoms. The molecule has 24 heteroatoms. The summed E-state index contributed by atoms with van der Waals surface area (Å²) in [6.07, 6.45) is -5.25. The van der Waals surface area contributed by atoms with Crippen LogP contribution in [0, 0.1) is 116 Å². The highest BCUT2D eigenvalue weighted by atomic mass is 32.1. The molecular weight excluding hydrogens is 957 g/mol. The number of halogens is 20. The van der Waals surface area contributed by atoms with Crippen LogP contribution in [0.3, 0.4) is 0 Å². The fourth-order valence-electron chi connectivity index (χ4n) is 7.39. The largest absolute Gasteiger partial charge is 0.287 e. The number of Topliss-reactive ketones (excluding diaryl/α,β-unsaturated/α-hetero) is 1. The predicted octanol–water partition coefficient (Wildman–Crippen LogP) is 9.29. The van der Waals surface area contributed by atoms with Crippen LogP contribution in [0.25, 0.3) is 10.8 Å². The van der Waals surface area contributed by atoms with Crippen LogP contribution in [0.5, 0.6) is 0 Å². The molecule has 0 fully saturated rings. The van der Waals surface area contributed by atoms with Crippen molar-refractivity contribution in [2.45, 2.75) is 12.3 Å². The highest BCUT2D eigenvalue weighted by Gasteiger charge is 2.52. The van der Waals surface area contributed by atoms with E-state index in [9.17, 15) is 57.5 Å². The summed E-state index contributed by atoms with van der Waals surface area (Å²) >= 11 is 4.43. The molecule has 0 radical (unpaired) electrons. The van der Waals surface area contributed by atoms with Crippen LogP contribution in [-0.4, -0.2) is 11.9 Å². The van der Waals surface area contributed by atoms with Crippen molar-refractivity contribution < 1.29 is 97.2 Å². The van der Waals surface area contributed by atoms with Gasteiger partial charge in [0.15, 0.2) is 81.7 Å². The summed E-state index contributed by atoms with van der Waals surface area (Å²) in [6.45, 7) is 0.338. The van der Waals surface area contributed by atoms with E-state index in [1.807, 2.05) is 59.3 Å². The molecule has 344 valence electrons. The van der Waals surface area contributed by atoms with Crippen LogP contribution in [-0.2, 0) is 12.3 Å². The van der Waals surface area contributed by atoms with E-state index in [4.69, 9.17) is 0 Å². The van der Waals surface area contributed by atoms with Gasteiger partial charge in [-0.25, -0.2) is 87.8 Å². The van der Waals surface area contributed by atoms with Crippen molar-refractivity contribution in [2.24, 2.45) is 0 Å². The molecule has 0 saturated heterocycles. The van der Waals surface area contributed by atoms with Crippen molar-refractivity contribution >= 4 is 57.2 Å². The minimum atomic E-state index is -7.22.